The van der Waals surface area contributed by atoms with E-state index in [-0.39, 0.29) is 11.8 Å². The van der Waals surface area contributed by atoms with E-state index in [1.807, 2.05) is 12.1 Å². The Morgan fingerprint density at radius 2 is 2.11 bits per heavy atom. The van der Waals surface area contributed by atoms with Crippen LogP contribution >= 0.6 is 22.6 Å². The third kappa shape index (κ3) is 2.48. The molecule has 0 saturated heterocycles. The number of amides is 2. The molecule has 1 N–H and O–H groups in total. The van der Waals surface area contributed by atoms with Crippen molar-refractivity contribution >= 4 is 40.1 Å². The number of halogens is 1. The number of carbonyl (C=O) groups excluding carboxylic acids is 2. The van der Waals surface area contributed by atoms with E-state index < -0.39 is 0 Å². The quantitative estimate of drug-likeness (QED) is 0.656. The van der Waals surface area contributed by atoms with Crippen molar-refractivity contribution in [1.29, 1.82) is 0 Å². The van der Waals surface area contributed by atoms with Crippen LogP contribution in [-0.2, 0) is 11.2 Å². The topological polar surface area (TPSA) is 49.4 Å². The van der Waals surface area contributed by atoms with E-state index in [2.05, 4.69) is 27.9 Å². The van der Waals surface area contributed by atoms with Crippen molar-refractivity contribution in [3.05, 3.63) is 26.8 Å². The number of likely N-dealkylation sites (N-methyl/N-ethyl adjacent to an activating group) is 1. The van der Waals surface area contributed by atoms with Crippen molar-refractivity contribution in [1.82, 2.24) is 4.90 Å². The standard InChI is InChI=1S/C14H15IN2O2/c1-17-13(18)5-9-4-12(16-7-8-2-3-8)11(15)6-10(9)14(17)19/h4,6,8,16H,2-3,5,7H2,1H3. The lowest BCUT2D eigenvalue weighted by Crippen LogP contribution is -2.39. The van der Waals surface area contributed by atoms with E-state index in [0.717, 1.165) is 27.3 Å². The molecule has 1 aromatic carbocycles. The Hall–Kier alpha value is -1.11. The van der Waals surface area contributed by atoms with Gasteiger partial charge in [0.25, 0.3) is 5.91 Å². The largest absolute Gasteiger partial charge is 0.384 e. The van der Waals surface area contributed by atoms with E-state index in [1.54, 1.807) is 7.05 Å². The molecule has 1 aliphatic heterocycles. The van der Waals surface area contributed by atoms with Crippen molar-refractivity contribution < 1.29 is 9.59 Å². The van der Waals surface area contributed by atoms with Gasteiger partial charge in [-0.05, 0) is 59.0 Å². The molecule has 5 heteroatoms. The summed E-state index contributed by atoms with van der Waals surface area (Å²) in [6.45, 7) is 0.983. The zero-order valence-electron chi connectivity index (χ0n) is 10.7. The molecule has 2 amide bonds. The summed E-state index contributed by atoms with van der Waals surface area (Å²) in [5, 5.41) is 3.42. The van der Waals surface area contributed by atoms with Crippen LogP contribution < -0.4 is 5.32 Å². The summed E-state index contributed by atoms with van der Waals surface area (Å²) in [6, 6.07) is 3.85. The van der Waals surface area contributed by atoms with Gasteiger partial charge in [0.05, 0.1) is 6.42 Å². The highest BCUT2D eigenvalue weighted by Gasteiger charge is 2.29. The molecule has 1 aliphatic carbocycles. The van der Waals surface area contributed by atoms with Gasteiger partial charge < -0.3 is 5.32 Å². The summed E-state index contributed by atoms with van der Waals surface area (Å²) >= 11 is 2.24. The molecule has 100 valence electrons. The van der Waals surface area contributed by atoms with Crippen molar-refractivity contribution in [2.24, 2.45) is 5.92 Å². The number of hydrogen-bond acceptors (Lipinski definition) is 3. The molecular formula is C14H15IN2O2. The fourth-order valence-electron chi connectivity index (χ4n) is 2.25. The number of nitrogens with zero attached hydrogens (tertiary/aromatic N) is 1. The molecule has 0 aromatic heterocycles. The molecule has 0 unspecified atom stereocenters. The van der Waals surface area contributed by atoms with Crippen molar-refractivity contribution in [3.63, 3.8) is 0 Å². The summed E-state index contributed by atoms with van der Waals surface area (Å²) in [5.74, 6) is 0.464. The number of imide groups is 1. The van der Waals surface area contributed by atoms with Gasteiger partial charge in [-0.3, -0.25) is 14.5 Å². The zero-order valence-corrected chi connectivity index (χ0v) is 12.9. The first kappa shape index (κ1) is 12.9. The van der Waals surface area contributed by atoms with Gasteiger partial charge >= 0.3 is 0 Å². The number of nitrogens with one attached hydrogen (secondary N) is 1. The van der Waals surface area contributed by atoms with Crippen LogP contribution in [0.15, 0.2) is 12.1 Å². The number of rotatable bonds is 3. The van der Waals surface area contributed by atoms with Crippen LogP contribution in [0.1, 0.15) is 28.8 Å². The maximum absolute atomic E-state index is 12.0. The van der Waals surface area contributed by atoms with E-state index >= 15 is 0 Å². The third-order valence-electron chi connectivity index (χ3n) is 3.72. The molecule has 0 bridgehead atoms. The summed E-state index contributed by atoms with van der Waals surface area (Å²) in [7, 11) is 1.54. The Morgan fingerprint density at radius 3 is 2.79 bits per heavy atom. The molecule has 0 spiro atoms. The number of carbonyl (C=O) groups is 2. The summed E-state index contributed by atoms with van der Waals surface area (Å²) in [6.07, 6.45) is 2.92. The second-order valence-corrected chi connectivity index (χ2v) is 6.41. The molecule has 0 radical (unpaired) electrons. The van der Waals surface area contributed by atoms with Crippen LogP contribution in [0.5, 0.6) is 0 Å². The molecule has 19 heavy (non-hydrogen) atoms. The highest BCUT2D eigenvalue weighted by molar-refractivity contribution is 14.1. The number of anilines is 1. The summed E-state index contributed by atoms with van der Waals surface area (Å²) in [4.78, 5) is 25.0. The minimum atomic E-state index is -0.196. The molecule has 3 rings (SSSR count). The zero-order chi connectivity index (χ0) is 13.6. The Bertz CT molecular complexity index is 567. The van der Waals surface area contributed by atoms with Gasteiger partial charge in [0.2, 0.25) is 5.91 Å². The fraction of sp³-hybridized carbons (Fsp3) is 0.429. The maximum atomic E-state index is 12.0. The average molecular weight is 370 g/mol. The Labute approximate surface area is 125 Å². The van der Waals surface area contributed by atoms with E-state index in [0.29, 0.717) is 12.0 Å². The van der Waals surface area contributed by atoms with Gasteiger partial charge in [-0.15, -0.1) is 0 Å². The molecule has 0 atom stereocenters. The minimum Gasteiger partial charge on any atom is -0.384 e. The molecule has 1 aromatic rings. The predicted octanol–water partition coefficient (Wildman–Crippen LogP) is 2.27. The third-order valence-corrected chi connectivity index (χ3v) is 4.61. The van der Waals surface area contributed by atoms with E-state index in [9.17, 15) is 9.59 Å². The molecule has 1 heterocycles. The fourth-order valence-corrected chi connectivity index (χ4v) is 2.91. The Morgan fingerprint density at radius 1 is 1.37 bits per heavy atom. The minimum absolute atomic E-state index is 0.133. The van der Waals surface area contributed by atoms with Gasteiger partial charge in [-0.25, -0.2) is 0 Å². The smallest absolute Gasteiger partial charge is 0.260 e. The van der Waals surface area contributed by atoms with Gasteiger partial charge in [0, 0.05) is 28.4 Å². The summed E-state index contributed by atoms with van der Waals surface area (Å²) < 4.78 is 1.04. The monoisotopic (exact) mass is 370 g/mol. The Balaban J connectivity index is 1.91. The highest BCUT2D eigenvalue weighted by atomic mass is 127. The van der Waals surface area contributed by atoms with Crippen LogP contribution in [0.25, 0.3) is 0 Å². The van der Waals surface area contributed by atoms with Crippen LogP contribution in [0.4, 0.5) is 5.69 Å². The Kier molecular flexibility index (Phi) is 3.24. The van der Waals surface area contributed by atoms with Crippen molar-refractivity contribution in [3.8, 4) is 0 Å². The second kappa shape index (κ2) is 4.77. The van der Waals surface area contributed by atoms with Crippen molar-refractivity contribution in [2.75, 3.05) is 18.9 Å². The van der Waals surface area contributed by atoms with Gasteiger partial charge in [-0.1, -0.05) is 0 Å². The SMILES string of the molecule is CN1C(=O)Cc2cc(NCC3CC3)c(I)cc2C1=O. The van der Waals surface area contributed by atoms with Crippen LogP contribution in [0, 0.1) is 9.49 Å². The van der Waals surface area contributed by atoms with Crippen LogP contribution in [0.2, 0.25) is 0 Å². The number of fused-ring (bicyclic) bond motifs is 1. The van der Waals surface area contributed by atoms with E-state index in [4.69, 9.17) is 0 Å². The number of benzene rings is 1. The maximum Gasteiger partial charge on any atom is 0.260 e. The predicted molar refractivity (Wildman–Crippen MR) is 81.2 cm³/mol. The highest BCUT2D eigenvalue weighted by Crippen LogP contribution is 2.31. The summed E-state index contributed by atoms with van der Waals surface area (Å²) in [5.41, 5.74) is 2.53. The molecular weight excluding hydrogens is 355 g/mol. The molecule has 1 saturated carbocycles. The van der Waals surface area contributed by atoms with Crippen LogP contribution in [0.3, 0.4) is 0 Å². The van der Waals surface area contributed by atoms with Crippen LogP contribution in [-0.4, -0.2) is 30.3 Å². The van der Waals surface area contributed by atoms with Gasteiger partial charge in [0.15, 0.2) is 0 Å². The normalized spacial score (nSPS) is 18.5. The van der Waals surface area contributed by atoms with E-state index in [1.165, 1.54) is 17.7 Å². The molecule has 1 fully saturated rings. The van der Waals surface area contributed by atoms with Gasteiger partial charge in [0.1, 0.15) is 0 Å². The average Bonchev–Trinajstić information content (AvgIpc) is 3.19. The van der Waals surface area contributed by atoms with Crippen molar-refractivity contribution in [2.45, 2.75) is 19.3 Å². The first-order valence-corrected chi connectivity index (χ1v) is 7.51. The number of hydrogen-bond donors (Lipinski definition) is 1. The molecule has 2 aliphatic rings. The lowest BCUT2D eigenvalue weighted by molar-refractivity contribution is -0.127. The second-order valence-electron chi connectivity index (χ2n) is 5.25. The van der Waals surface area contributed by atoms with Gasteiger partial charge in [-0.2, -0.15) is 0 Å². The lowest BCUT2D eigenvalue weighted by atomic mass is 9.98. The first-order chi connectivity index (χ1) is 9.06. The first-order valence-electron chi connectivity index (χ1n) is 6.43. The molecule has 4 nitrogen and oxygen atoms in total. The lowest BCUT2D eigenvalue weighted by Gasteiger charge is -2.24.